The molecule has 1 nitrogen and oxygen atoms in total. The standard InChI is InChI=1S/C12H13F2N/c13-10-2-4-12(14)9(7-10)5-8-1-3-11(15)6-8/h2,4,6-7,11H,1,3,5,15H2. The second kappa shape index (κ2) is 4.11. The Labute approximate surface area is 87.6 Å². The smallest absolute Gasteiger partial charge is 0.126 e. The van der Waals surface area contributed by atoms with Gasteiger partial charge < -0.3 is 5.73 Å². The maximum absolute atomic E-state index is 13.3. The molecule has 0 aliphatic heterocycles. The average molecular weight is 209 g/mol. The molecule has 1 aromatic carbocycles. The third-order valence-electron chi connectivity index (χ3n) is 2.67. The lowest BCUT2D eigenvalue weighted by Gasteiger charge is -2.03. The molecule has 0 heterocycles. The predicted molar refractivity (Wildman–Crippen MR) is 55.4 cm³/mol. The summed E-state index contributed by atoms with van der Waals surface area (Å²) in [5.74, 6) is -0.743. The molecular weight excluding hydrogens is 196 g/mol. The van der Waals surface area contributed by atoms with Crippen LogP contribution < -0.4 is 5.73 Å². The van der Waals surface area contributed by atoms with E-state index in [-0.39, 0.29) is 11.9 Å². The molecule has 1 atom stereocenters. The molecule has 1 aliphatic carbocycles. The zero-order valence-electron chi connectivity index (χ0n) is 8.34. The Morgan fingerprint density at radius 1 is 1.33 bits per heavy atom. The number of rotatable bonds is 2. The molecule has 0 amide bonds. The molecule has 2 N–H and O–H groups in total. The molecule has 1 aromatic rings. The number of hydrogen-bond acceptors (Lipinski definition) is 1. The van der Waals surface area contributed by atoms with Gasteiger partial charge in [0.2, 0.25) is 0 Å². The van der Waals surface area contributed by atoms with Gasteiger partial charge in [0.1, 0.15) is 11.6 Å². The van der Waals surface area contributed by atoms with Gasteiger partial charge in [-0.1, -0.05) is 11.6 Å². The molecule has 0 spiro atoms. The Kier molecular flexibility index (Phi) is 2.82. The normalized spacial score (nSPS) is 20.5. The maximum atomic E-state index is 13.3. The van der Waals surface area contributed by atoms with E-state index in [0.29, 0.717) is 12.0 Å². The van der Waals surface area contributed by atoms with Gasteiger partial charge >= 0.3 is 0 Å². The molecular formula is C12H13F2N. The van der Waals surface area contributed by atoms with Gasteiger partial charge in [0.25, 0.3) is 0 Å². The fourth-order valence-corrected chi connectivity index (χ4v) is 1.89. The van der Waals surface area contributed by atoms with Crippen molar-refractivity contribution in [3.63, 3.8) is 0 Å². The summed E-state index contributed by atoms with van der Waals surface area (Å²) in [6, 6.07) is 3.63. The van der Waals surface area contributed by atoms with Crippen LogP contribution in [0, 0.1) is 11.6 Å². The minimum atomic E-state index is -0.394. The minimum Gasteiger partial charge on any atom is -0.324 e. The highest BCUT2D eigenvalue weighted by Gasteiger charge is 2.14. The summed E-state index contributed by atoms with van der Waals surface area (Å²) in [7, 11) is 0. The van der Waals surface area contributed by atoms with E-state index in [1.165, 1.54) is 12.1 Å². The quantitative estimate of drug-likeness (QED) is 0.744. The van der Waals surface area contributed by atoms with Crippen molar-refractivity contribution < 1.29 is 8.78 Å². The molecule has 1 unspecified atom stereocenters. The Morgan fingerprint density at radius 3 is 2.80 bits per heavy atom. The number of benzene rings is 1. The van der Waals surface area contributed by atoms with Crippen molar-refractivity contribution in [2.75, 3.05) is 0 Å². The molecule has 2 rings (SSSR count). The van der Waals surface area contributed by atoms with Gasteiger partial charge in [-0.3, -0.25) is 0 Å². The van der Waals surface area contributed by atoms with Crippen molar-refractivity contribution in [1.82, 2.24) is 0 Å². The minimum absolute atomic E-state index is 0.0802. The Hall–Kier alpha value is -1.22. The lowest BCUT2D eigenvalue weighted by Crippen LogP contribution is -2.11. The zero-order valence-corrected chi connectivity index (χ0v) is 8.34. The fourth-order valence-electron chi connectivity index (χ4n) is 1.89. The first-order chi connectivity index (χ1) is 7.15. The van der Waals surface area contributed by atoms with Crippen molar-refractivity contribution >= 4 is 0 Å². The molecule has 0 saturated heterocycles. The van der Waals surface area contributed by atoms with Gasteiger partial charge in [0, 0.05) is 6.04 Å². The average Bonchev–Trinajstić information content (AvgIpc) is 2.58. The highest BCUT2D eigenvalue weighted by molar-refractivity contribution is 5.27. The van der Waals surface area contributed by atoms with Crippen LogP contribution in [0.2, 0.25) is 0 Å². The summed E-state index contributed by atoms with van der Waals surface area (Å²) < 4.78 is 26.2. The Balaban J connectivity index is 2.17. The third-order valence-corrected chi connectivity index (χ3v) is 2.67. The van der Waals surface area contributed by atoms with E-state index in [9.17, 15) is 8.78 Å². The Morgan fingerprint density at radius 2 is 2.13 bits per heavy atom. The van der Waals surface area contributed by atoms with Crippen molar-refractivity contribution in [3.05, 3.63) is 47.0 Å². The summed E-state index contributed by atoms with van der Waals surface area (Å²) >= 11 is 0. The highest BCUT2D eigenvalue weighted by atomic mass is 19.1. The van der Waals surface area contributed by atoms with E-state index >= 15 is 0 Å². The van der Waals surface area contributed by atoms with Crippen molar-refractivity contribution in [2.45, 2.75) is 25.3 Å². The highest BCUT2D eigenvalue weighted by Crippen LogP contribution is 2.22. The molecule has 80 valence electrons. The lowest BCUT2D eigenvalue weighted by atomic mass is 10.0. The molecule has 15 heavy (non-hydrogen) atoms. The Bertz CT molecular complexity index is 399. The maximum Gasteiger partial charge on any atom is 0.126 e. The van der Waals surface area contributed by atoms with Crippen molar-refractivity contribution in [3.8, 4) is 0 Å². The second-order valence-corrected chi connectivity index (χ2v) is 3.94. The molecule has 0 radical (unpaired) electrons. The SMILES string of the molecule is NC1C=C(Cc2cc(F)ccc2F)CC1. The zero-order chi connectivity index (χ0) is 10.8. The van der Waals surface area contributed by atoms with Gasteiger partial charge in [-0.05, 0) is 43.0 Å². The van der Waals surface area contributed by atoms with E-state index < -0.39 is 5.82 Å². The summed E-state index contributed by atoms with van der Waals surface area (Å²) in [6.07, 6.45) is 4.21. The van der Waals surface area contributed by atoms with Crippen LogP contribution in [0.5, 0.6) is 0 Å². The summed E-state index contributed by atoms with van der Waals surface area (Å²) in [4.78, 5) is 0. The fraction of sp³-hybridized carbons (Fsp3) is 0.333. The number of allylic oxidation sites excluding steroid dienone is 1. The first-order valence-electron chi connectivity index (χ1n) is 5.04. The van der Waals surface area contributed by atoms with Gasteiger partial charge in [0.05, 0.1) is 0 Å². The van der Waals surface area contributed by atoms with Crippen LogP contribution in [0.3, 0.4) is 0 Å². The predicted octanol–water partition coefficient (Wildman–Crippen LogP) is 2.55. The van der Waals surface area contributed by atoms with E-state index in [0.717, 1.165) is 24.5 Å². The van der Waals surface area contributed by atoms with Crippen LogP contribution in [-0.4, -0.2) is 6.04 Å². The van der Waals surface area contributed by atoms with Crippen molar-refractivity contribution in [1.29, 1.82) is 0 Å². The van der Waals surface area contributed by atoms with Crippen LogP contribution in [0.4, 0.5) is 8.78 Å². The van der Waals surface area contributed by atoms with E-state index in [1.807, 2.05) is 6.08 Å². The molecule has 1 aliphatic rings. The molecule has 0 aromatic heterocycles. The van der Waals surface area contributed by atoms with Crippen LogP contribution in [0.1, 0.15) is 18.4 Å². The summed E-state index contributed by atoms with van der Waals surface area (Å²) in [5, 5.41) is 0. The second-order valence-electron chi connectivity index (χ2n) is 3.94. The first kappa shape index (κ1) is 10.3. The summed E-state index contributed by atoms with van der Waals surface area (Å²) in [5.41, 5.74) is 7.22. The van der Waals surface area contributed by atoms with Crippen molar-refractivity contribution in [2.24, 2.45) is 5.73 Å². The molecule has 3 heteroatoms. The van der Waals surface area contributed by atoms with Crippen LogP contribution in [0.25, 0.3) is 0 Å². The topological polar surface area (TPSA) is 26.0 Å². The third kappa shape index (κ3) is 2.42. The van der Waals surface area contributed by atoms with Gasteiger partial charge in [-0.15, -0.1) is 0 Å². The lowest BCUT2D eigenvalue weighted by molar-refractivity contribution is 0.587. The van der Waals surface area contributed by atoms with Crippen LogP contribution in [-0.2, 0) is 6.42 Å². The molecule has 0 fully saturated rings. The number of halogens is 2. The van der Waals surface area contributed by atoms with Crippen LogP contribution in [0.15, 0.2) is 29.8 Å². The largest absolute Gasteiger partial charge is 0.324 e. The first-order valence-corrected chi connectivity index (χ1v) is 5.04. The monoisotopic (exact) mass is 209 g/mol. The number of nitrogens with two attached hydrogens (primary N) is 1. The molecule has 0 saturated carbocycles. The summed E-state index contributed by atoms with van der Waals surface area (Å²) in [6.45, 7) is 0. The van der Waals surface area contributed by atoms with Gasteiger partial charge in [-0.25, -0.2) is 8.78 Å². The van der Waals surface area contributed by atoms with E-state index in [2.05, 4.69) is 0 Å². The van der Waals surface area contributed by atoms with Gasteiger partial charge in [-0.2, -0.15) is 0 Å². The van der Waals surface area contributed by atoms with Gasteiger partial charge in [0.15, 0.2) is 0 Å². The number of hydrogen-bond donors (Lipinski definition) is 1. The van der Waals surface area contributed by atoms with E-state index in [4.69, 9.17) is 5.73 Å². The molecule has 0 bridgehead atoms. The van der Waals surface area contributed by atoms with Crippen LogP contribution >= 0.6 is 0 Å². The van der Waals surface area contributed by atoms with E-state index in [1.54, 1.807) is 0 Å².